The Bertz CT molecular complexity index is 889. The first-order chi connectivity index (χ1) is 20.8. The van der Waals surface area contributed by atoms with Crippen LogP contribution in [0.5, 0.6) is 23.0 Å². The zero-order chi connectivity index (χ0) is 29.5. The fourth-order valence-corrected chi connectivity index (χ4v) is 4.52. The van der Waals surface area contributed by atoms with Gasteiger partial charge in [0.2, 0.25) is 0 Å². The topological polar surface area (TPSA) is 73.8 Å². The standard InChI is InChI=1S/C34H52O8/c1-3-5-7-9-29-11-13-31-33(27-29)41-25-21-37-17-15-36-20-24-40-32-14-12-30(10-8-6-4-2)28-34(32)42-26-22-38-18-16-35-19-23-39-31/h11-14,27-28H,3-10,15-26H2,1-2H3. The molecular weight excluding hydrogens is 536 g/mol. The number of ether oxygens (including phenoxy) is 8. The lowest BCUT2D eigenvalue weighted by molar-refractivity contribution is 0.0223. The Morgan fingerprint density at radius 2 is 0.738 bits per heavy atom. The monoisotopic (exact) mass is 588 g/mol. The van der Waals surface area contributed by atoms with Crippen LogP contribution in [0.1, 0.15) is 63.5 Å². The van der Waals surface area contributed by atoms with Gasteiger partial charge in [-0.2, -0.15) is 0 Å². The molecular formula is C34H52O8. The van der Waals surface area contributed by atoms with Gasteiger partial charge in [-0.3, -0.25) is 0 Å². The summed E-state index contributed by atoms with van der Waals surface area (Å²) in [6.07, 6.45) is 9.23. The lowest BCUT2D eigenvalue weighted by Crippen LogP contribution is -2.15. The van der Waals surface area contributed by atoms with Gasteiger partial charge in [-0.25, -0.2) is 0 Å². The number of rotatable bonds is 8. The summed E-state index contributed by atoms with van der Waals surface area (Å²) in [5.74, 6) is 2.93. The Kier molecular flexibility index (Phi) is 17.9. The van der Waals surface area contributed by atoms with Crippen LogP contribution in [0.15, 0.2) is 36.4 Å². The Morgan fingerprint density at radius 1 is 0.405 bits per heavy atom. The average Bonchev–Trinajstić information content (AvgIpc) is 3.00. The molecule has 42 heavy (non-hydrogen) atoms. The van der Waals surface area contributed by atoms with E-state index in [1.807, 2.05) is 12.1 Å². The smallest absolute Gasteiger partial charge is 0.161 e. The van der Waals surface area contributed by atoms with Crippen molar-refractivity contribution in [2.75, 3.05) is 79.3 Å². The molecule has 0 atom stereocenters. The molecule has 0 fully saturated rings. The van der Waals surface area contributed by atoms with E-state index in [4.69, 9.17) is 37.9 Å². The number of benzene rings is 2. The second-order valence-corrected chi connectivity index (χ2v) is 10.3. The number of hydrogen-bond donors (Lipinski definition) is 0. The normalized spacial score (nSPS) is 16.8. The van der Waals surface area contributed by atoms with E-state index >= 15 is 0 Å². The van der Waals surface area contributed by atoms with Crippen molar-refractivity contribution in [3.63, 3.8) is 0 Å². The molecule has 8 heteroatoms. The lowest BCUT2D eigenvalue weighted by atomic mass is 10.1. The molecule has 236 valence electrons. The van der Waals surface area contributed by atoms with Gasteiger partial charge in [-0.1, -0.05) is 51.7 Å². The van der Waals surface area contributed by atoms with Crippen LogP contribution in [0.4, 0.5) is 0 Å². The van der Waals surface area contributed by atoms with E-state index in [0.29, 0.717) is 79.3 Å². The first-order valence-corrected chi connectivity index (χ1v) is 15.9. The fraction of sp³-hybridized carbons (Fsp3) is 0.647. The Balaban J connectivity index is 1.51. The first-order valence-electron chi connectivity index (χ1n) is 15.9. The molecule has 0 aliphatic carbocycles. The molecule has 2 aromatic rings. The number of fused-ring (bicyclic) bond motifs is 2. The highest BCUT2D eigenvalue weighted by Gasteiger charge is 2.10. The molecule has 1 aliphatic heterocycles. The Labute approximate surface area is 252 Å². The summed E-state index contributed by atoms with van der Waals surface area (Å²) in [4.78, 5) is 0. The molecule has 2 aromatic carbocycles. The number of hydrogen-bond acceptors (Lipinski definition) is 8. The highest BCUT2D eigenvalue weighted by atomic mass is 16.6. The molecule has 0 spiro atoms. The molecule has 0 saturated carbocycles. The van der Waals surface area contributed by atoms with E-state index < -0.39 is 0 Å². The summed E-state index contributed by atoms with van der Waals surface area (Å²) in [6, 6.07) is 12.4. The van der Waals surface area contributed by atoms with Gasteiger partial charge in [0.1, 0.15) is 26.4 Å². The molecule has 0 N–H and O–H groups in total. The molecule has 0 unspecified atom stereocenters. The largest absolute Gasteiger partial charge is 0.487 e. The van der Waals surface area contributed by atoms with E-state index in [2.05, 4.69) is 38.1 Å². The third-order valence-electron chi connectivity index (χ3n) is 6.84. The second kappa shape index (κ2) is 22.1. The van der Waals surface area contributed by atoms with Crippen LogP contribution < -0.4 is 18.9 Å². The van der Waals surface area contributed by atoms with Gasteiger partial charge < -0.3 is 37.9 Å². The first kappa shape index (κ1) is 34.0. The van der Waals surface area contributed by atoms with E-state index in [-0.39, 0.29) is 0 Å². The van der Waals surface area contributed by atoms with Gasteiger partial charge in [0, 0.05) is 0 Å². The predicted octanol–water partition coefficient (Wildman–Crippen LogP) is 6.45. The van der Waals surface area contributed by atoms with Crippen molar-refractivity contribution in [2.45, 2.75) is 65.2 Å². The van der Waals surface area contributed by atoms with Crippen LogP contribution in [0, 0.1) is 0 Å². The molecule has 0 radical (unpaired) electrons. The molecule has 0 bridgehead atoms. The van der Waals surface area contributed by atoms with Crippen LogP contribution >= 0.6 is 0 Å². The minimum Gasteiger partial charge on any atom is -0.487 e. The van der Waals surface area contributed by atoms with E-state index in [9.17, 15) is 0 Å². The van der Waals surface area contributed by atoms with Crippen LogP contribution in [0.25, 0.3) is 0 Å². The number of aryl methyl sites for hydroxylation is 2. The quantitative estimate of drug-likeness (QED) is 0.326. The van der Waals surface area contributed by atoms with E-state index in [1.54, 1.807) is 0 Å². The molecule has 0 saturated heterocycles. The maximum absolute atomic E-state index is 6.06. The Morgan fingerprint density at radius 3 is 1.10 bits per heavy atom. The van der Waals surface area contributed by atoms with Crippen molar-refractivity contribution in [1.29, 1.82) is 0 Å². The third kappa shape index (κ3) is 14.1. The maximum Gasteiger partial charge on any atom is 0.161 e. The number of unbranched alkanes of at least 4 members (excludes halogenated alkanes) is 4. The van der Waals surface area contributed by atoms with Crippen LogP contribution in [-0.4, -0.2) is 79.3 Å². The Hall–Kier alpha value is -2.52. The molecule has 3 rings (SSSR count). The highest BCUT2D eigenvalue weighted by molar-refractivity contribution is 5.44. The van der Waals surface area contributed by atoms with Crippen LogP contribution in [-0.2, 0) is 31.8 Å². The molecule has 0 aromatic heterocycles. The molecule has 1 heterocycles. The van der Waals surface area contributed by atoms with Crippen molar-refractivity contribution >= 4 is 0 Å². The highest BCUT2D eigenvalue weighted by Crippen LogP contribution is 2.30. The van der Waals surface area contributed by atoms with Gasteiger partial charge in [-0.05, 0) is 61.1 Å². The van der Waals surface area contributed by atoms with Crippen molar-refractivity contribution in [1.82, 2.24) is 0 Å². The summed E-state index contributed by atoms with van der Waals surface area (Å²) in [6.45, 7) is 9.97. The van der Waals surface area contributed by atoms with E-state index in [0.717, 1.165) is 35.8 Å². The summed E-state index contributed by atoms with van der Waals surface area (Å²) in [7, 11) is 0. The molecule has 8 nitrogen and oxygen atoms in total. The molecule has 0 amide bonds. The van der Waals surface area contributed by atoms with E-state index in [1.165, 1.54) is 49.7 Å². The summed E-state index contributed by atoms with van der Waals surface area (Å²) < 4.78 is 47.0. The van der Waals surface area contributed by atoms with Gasteiger partial charge in [0.15, 0.2) is 23.0 Å². The SMILES string of the molecule is CCCCCc1ccc2c(c1)OCCOCCOCCOc1ccc(CCCCC)cc1OCCOCCOCCO2. The third-order valence-corrected chi connectivity index (χ3v) is 6.84. The summed E-state index contributed by atoms with van der Waals surface area (Å²) in [5, 5.41) is 0. The van der Waals surface area contributed by atoms with Gasteiger partial charge in [0.25, 0.3) is 0 Å². The summed E-state index contributed by atoms with van der Waals surface area (Å²) >= 11 is 0. The zero-order valence-corrected chi connectivity index (χ0v) is 25.9. The summed E-state index contributed by atoms with van der Waals surface area (Å²) in [5.41, 5.74) is 2.51. The maximum atomic E-state index is 6.06. The predicted molar refractivity (Wildman–Crippen MR) is 165 cm³/mol. The second-order valence-electron chi connectivity index (χ2n) is 10.3. The van der Waals surface area contributed by atoms with Crippen molar-refractivity contribution in [3.8, 4) is 23.0 Å². The fourth-order valence-electron chi connectivity index (χ4n) is 4.52. The average molecular weight is 589 g/mol. The van der Waals surface area contributed by atoms with Crippen LogP contribution in [0.2, 0.25) is 0 Å². The molecule has 1 aliphatic rings. The van der Waals surface area contributed by atoms with Crippen molar-refractivity contribution in [3.05, 3.63) is 47.5 Å². The van der Waals surface area contributed by atoms with Gasteiger partial charge in [-0.15, -0.1) is 0 Å². The van der Waals surface area contributed by atoms with Crippen molar-refractivity contribution in [2.24, 2.45) is 0 Å². The van der Waals surface area contributed by atoms with Gasteiger partial charge in [0.05, 0.1) is 52.9 Å². The minimum absolute atomic E-state index is 0.430. The zero-order valence-electron chi connectivity index (χ0n) is 25.9. The van der Waals surface area contributed by atoms with Crippen LogP contribution in [0.3, 0.4) is 0 Å². The van der Waals surface area contributed by atoms with Crippen molar-refractivity contribution < 1.29 is 37.9 Å². The van der Waals surface area contributed by atoms with Gasteiger partial charge >= 0.3 is 0 Å². The minimum atomic E-state index is 0.430. The lowest BCUT2D eigenvalue weighted by Gasteiger charge is -2.16.